The molecule has 0 saturated heterocycles. The lowest BCUT2D eigenvalue weighted by atomic mass is 10.1. The van der Waals surface area contributed by atoms with Crippen molar-refractivity contribution < 1.29 is 4.42 Å². The van der Waals surface area contributed by atoms with Crippen molar-refractivity contribution >= 4 is 11.3 Å². The summed E-state index contributed by atoms with van der Waals surface area (Å²) < 4.78 is 5.40. The van der Waals surface area contributed by atoms with E-state index >= 15 is 0 Å². The first kappa shape index (κ1) is 10.5. The van der Waals surface area contributed by atoms with Crippen molar-refractivity contribution in [2.24, 2.45) is 0 Å². The Bertz CT molecular complexity index is 366. The van der Waals surface area contributed by atoms with Gasteiger partial charge in [-0.1, -0.05) is 6.07 Å². The molecular formula is C12H15NOS. The molecule has 80 valence electrons. The first-order valence-corrected chi connectivity index (χ1v) is 6.01. The molecule has 0 fully saturated rings. The molecule has 2 nitrogen and oxygen atoms in total. The molecule has 0 aromatic carbocycles. The zero-order valence-corrected chi connectivity index (χ0v) is 9.59. The molecule has 0 spiro atoms. The number of hydrogen-bond acceptors (Lipinski definition) is 3. The maximum atomic E-state index is 5.40. The van der Waals surface area contributed by atoms with Crippen molar-refractivity contribution in [3.8, 4) is 0 Å². The molecule has 0 bridgehead atoms. The molecule has 0 saturated carbocycles. The quantitative estimate of drug-likeness (QED) is 0.838. The zero-order chi connectivity index (χ0) is 10.5. The summed E-state index contributed by atoms with van der Waals surface area (Å²) >= 11 is 1.81. The van der Waals surface area contributed by atoms with E-state index < -0.39 is 0 Å². The Hall–Kier alpha value is -1.06. The fraction of sp³-hybridized carbons (Fsp3) is 0.333. The molecule has 2 heterocycles. The number of nitrogens with one attached hydrogen (secondary N) is 1. The van der Waals surface area contributed by atoms with Gasteiger partial charge in [0.05, 0.1) is 12.3 Å². The minimum atomic E-state index is 0.321. The van der Waals surface area contributed by atoms with Gasteiger partial charge in [-0.25, -0.2) is 0 Å². The van der Waals surface area contributed by atoms with E-state index in [-0.39, 0.29) is 0 Å². The van der Waals surface area contributed by atoms with Crippen LogP contribution in [0.3, 0.4) is 0 Å². The SMILES string of the molecule is CNC(CCc1cccs1)c1ccco1. The molecule has 1 atom stereocenters. The molecule has 0 amide bonds. The average Bonchev–Trinajstić information content (AvgIpc) is 2.90. The number of furan rings is 1. The van der Waals surface area contributed by atoms with E-state index in [4.69, 9.17) is 4.42 Å². The summed E-state index contributed by atoms with van der Waals surface area (Å²) in [6.45, 7) is 0. The van der Waals surface area contributed by atoms with Gasteiger partial charge in [0.2, 0.25) is 0 Å². The van der Waals surface area contributed by atoms with Crippen LogP contribution in [-0.2, 0) is 6.42 Å². The highest BCUT2D eigenvalue weighted by Gasteiger charge is 2.11. The molecule has 2 rings (SSSR count). The van der Waals surface area contributed by atoms with Crippen molar-refractivity contribution in [1.29, 1.82) is 0 Å². The minimum absolute atomic E-state index is 0.321. The zero-order valence-electron chi connectivity index (χ0n) is 8.77. The number of hydrogen-bond donors (Lipinski definition) is 1. The van der Waals surface area contributed by atoms with Crippen LogP contribution in [0.25, 0.3) is 0 Å². The summed E-state index contributed by atoms with van der Waals surface area (Å²) in [7, 11) is 1.97. The van der Waals surface area contributed by atoms with E-state index in [1.54, 1.807) is 6.26 Å². The van der Waals surface area contributed by atoms with Crippen LogP contribution in [0.2, 0.25) is 0 Å². The van der Waals surface area contributed by atoms with Crippen LogP contribution >= 0.6 is 11.3 Å². The Morgan fingerprint density at radius 1 is 1.40 bits per heavy atom. The summed E-state index contributed by atoms with van der Waals surface area (Å²) in [5.41, 5.74) is 0. The summed E-state index contributed by atoms with van der Waals surface area (Å²) in [6.07, 6.45) is 3.90. The van der Waals surface area contributed by atoms with Crippen LogP contribution < -0.4 is 5.32 Å². The van der Waals surface area contributed by atoms with Crippen molar-refractivity contribution in [2.45, 2.75) is 18.9 Å². The van der Waals surface area contributed by atoms with Crippen LogP contribution in [-0.4, -0.2) is 7.05 Å². The van der Waals surface area contributed by atoms with Crippen molar-refractivity contribution in [3.63, 3.8) is 0 Å². The van der Waals surface area contributed by atoms with E-state index in [1.165, 1.54) is 4.88 Å². The van der Waals surface area contributed by atoms with Crippen LogP contribution in [0.15, 0.2) is 40.3 Å². The molecule has 0 aliphatic heterocycles. The largest absolute Gasteiger partial charge is 0.468 e. The third kappa shape index (κ3) is 2.70. The predicted molar refractivity (Wildman–Crippen MR) is 63.1 cm³/mol. The van der Waals surface area contributed by atoms with Gasteiger partial charge < -0.3 is 9.73 Å². The Morgan fingerprint density at radius 2 is 2.33 bits per heavy atom. The van der Waals surface area contributed by atoms with Gasteiger partial charge in [0, 0.05) is 4.88 Å². The topological polar surface area (TPSA) is 25.2 Å². The molecule has 3 heteroatoms. The van der Waals surface area contributed by atoms with Gasteiger partial charge in [0.1, 0.15) is 5.76 Å². The Morgan fingerprint density at radius 3 is 2.93 bits per heavy atom. The van der Waals surface area contributed by atoms with E-state index in [9.17, 15) is 0 Å². The molecule has 0 aliphatic rings. The van der Waals surface area contributed by atoms with Gasteiger partial charge >= 0.3 is 0 Å². The average molecular weight is 221 g/mol. The number of rotatable bonds is 5. The second-order valence-electron chi connectivity index (χ2n) is 3.47. The Kier molecular flexibility index (Phi) is 3.59. The molecule has 1 unspecified atom stereocenters. The third-order valence-corrected chi connectivity index (χ3v) is 3.43. The Balaban J connectivity index is 1.92. The van der Waals surface area contributed by atoms with E-state index in [0.717, 1.165) is 18.6 Å². The van der Waals surface area contributed by atoms with Gasteiger partial charge in [-0.3, -0.25) is 0 Å². The van der Waals surface area contributed by atoms with Crippen molar-refractivity contribution in [2.75, 3.05) is 7.05 Å². The number of thiophene rings is 1. The maximum Gasteiger partial charge on any atom is 0.120 e. The minimum Gasteiger partial charge on any atom is -0.468 e. The molecule has 15 heavy (non-hydrogen) atoms. The maximum absolute atomic E-state index is 5.40. The molecule has 2 aromatic heterocycles. The highest BCUT2D eigenvalue weighted by Crippen LogP contribution is 2.20. The standard InChI is InChI=1S/C12H15NOS/c1-13-11(12-5-2-8-14-12)7-6-10-4-3-9-15-10/h2-5,8-9,11,13H,6-7H2,1H3. The van der Waals surface area contributed by atoms with Crippen LogP contribution in [0, 0.1) is 0 Å². The Labute approximate surface area is 93.9 Å². The highest BCUT2D eigenvalue weighted by molar-refractivity contribution is 7.09. The summed E-state index contributed by atoms with van der Waals surface area (Å²) in [5.74, 6) is 1.02. The van der Waals surface area contributed by atoms with E-state index in [0.29, 0.717) is 6.04 Å². The third-order valence-electron chi connectivity index (χ3n) is 2.49. The van der Waals surface area contributed by atoms with Crippen LogP contribution in [0.1, 0.15) is 23.1 Å². The van der Waals surface area contributed by atoms with E-state index in [2.05, 4.69) is 22.8 Å². The van der Waals surface area contributed by atoms with Crippen molar-refractivity contribution in [1.82, 2.24) is 5.32 Å². The van der Waals surface area contributed by atoms with Gasteiger partial charge in [0.25, 0.3) is 0 Å². The number of aryl methyl sites for hydroxylation is 1. The monoisotopic (exact) mass is 221 g/mol. The molecule has 0 radical (unpaired) electrons. The molecule has 0 aliphatic carbocycles. The van der Waals surface area contributed by atoms with Crippen molar-refractivity contribution in [3.05, 3.63) is 46.5 Å². The first-order chi connectivity index (χ1) is 7.40. The van der Waals surface area contributed by atoms with Crippen LogP contribution in [0.4, 0.5) is 0 Å². The lowest BCUT2D eigenvalue weighted by molar-refractivity contribution is 0.415. The van der Waals surface area contributed by atoms with Gasteiger partial charge in [0.15, 0.2) is 0 Å². The lowest BCUT2D eigenvalue weighted by Crippen LogP contribution is -2.16. The predicted octanol–water partition coefficient (Wildman–Crippen LogP) is 3.23. The van der Waals surface area contributed by atoms with Gasteiger partial charge in [-0.05, 0) is 43.5 Å². The fourth-order valence-electron chi connectivity index (χ4n) is 1.66. The normalized spacial score (nSPS) is 12.9. The smallest absolute Gasteiger partial charge is 0.120 e. The first-order valence-electron chi connectivity index (χ1n) is 5.13. The van der Waals surface area contributed by atoms with Gasteiger partial charge in [-0.15, -0.1) is 11.3 Å². The molecular weight excluding hydrogens is 206 g/mol. The summed E-state index contributed by atoms with van der Waals surface area (Å²) in [4.78, 5) is 1.43. The summed E-state index contributed by atoms with van der Waals surface area (Å²) in [6, 6.07) is 8.56. The second-order valence-corrected chi connectivity index (χ2v) is 4.51. The molecule has 1 N–H and O–H groups in total. The second kappa shape index (κ2) is 5.14. The lowest BCUT2D eigenvalue weighted by Gasteiger charge is -2.12. The highest BCUT2D eigenvalue weighted by atomic mass is 32.1. The van der Waals surface area contributed by atoms with Crippen LogP contribution in [0.5, 0.6) is 0 Å². The van der Waals surface area contributed by atoms with E-state index in [1.807, 2.05) is 30.5 Å². The van der Waals surface area contributed by atoms with Gasteiger partial charge in [-0.2, -0.15) is 0 Å². The summed E-state index contributed by atoms with van der Waals surface area (Å²) in [5, 5.41) is 5.40. The molecule has 2 aromatic rings. The fourth-order valence-corrected chi connectivity index (χ4v) is 2.38.